The Labute approximate surface area is 151 Å². The van der Waals surface area contributed by atoms with Crippen LogP contribution in [0.4, 0.5) is 0 Å². The van der Waals surface area contributed by atoms with Crippen molar-refractivity contribution >= 4 is 21.8 Å². The van der Waals surface area contributed by atoms with Crippen molar-refractivity contribution in [2.75, 3.05) is 0 Å². The van der Waals surface area contributed by atoms with Crippen LogP contribution in [0.15, 0.2) is 73.1 Å². The van der Waals surface area contributed by atoms with Crippen molar-refractivity contribution in [1.29, 1.82) is 0 Å². The van der Waals surface area contributed by atoms with Gasteiger partial charge in [0.15, 0.2) is 0 Å². The third-order valence-corrected chi connectivity index (χ3v) is 3.22. The zero-order chi connectivity index (χ0) is 15.4. The summed E-state index contributed by atoms with van der Waals surface area (Å²) in [6.45, 7) is 0. The molecule has 0 spiro atoms. The molecule has 0 aliphatic carbocycles. The van der Waals surface area contributed by atoms with Crippen LogP contribution in [-0.4, -0.2) is 25.7 Å². The van der Waals surface area contributed by atoms with Gasteiger partial charge in [-0.2, -0.15) is 0 Å². The monoisotopic (exact) mass is 372 g/mol. The van der Waals surface area contributed by atoms with Gasteiger partial charge in [0.2, 0.25) is 0 Å². The molecule has 0 radical (unpaired) electrons. The number of para-hydroxylation sites is 2. The number of phenolic OH excluding ortho intramolecular Hbond substituents is 2. The minimum atomic E-state index is 0. The van der Waals surface area contributed by atoms with Crippen LogP contribution in [0.5, 0.6) is 11.5 Å². The number of hydrogen-bond acceptors (Lipinski definition) is 4. The van der Waals surface area contributed by atoms with Crippen LogP contribution < -0.4 is 0 Å². The molecule has 0 fully saturated rings. The van der Waals surface area contributed by atoms with E-state index in [9.17, 15) is 10.2 Å². The second-order valence-corrected chi connectivity index (χ2v) is 4.70. The molecule has 0 atom stereocenters. The Bertz CT molecular complexity index is 844. The van der Waals surface area contributed by atoms with E-state index in [0.717, 1.165) is 10.8 Å². The van der Waals surface area contributed by atoms with Crippen molar-refractivity contribution in [2.45, 2.75) is 0 Å². The quantitative estimate of drug-likeness (QED) is 0.463. The normalized spacial score (nSPS) is 9.33. The molecule has 24 heavy (non-hydrogen) atoms. The Kier molecular flexibility index (Phi) is 7.24. The van der Waals surface area contributed by atoms with Gasteiger partial charge in [-0.1, -0.05) is 36.4 Å². The van der Waals surface area contributed by atoms with Crippen molar-refractivity contribution in [3.8, 4) is 11.5 Å². The summed E-state index contributed by atoms with van der Waals surface area (Å²) in [6.07, 6.45) is 3.34. The minimum absolute atomic E-state index is 0. The molecule has 6 heteroatoms. The molecule has 0 unspecified atom stereocenters. The van der Waals surface area contributed by atoms with Gasteiger partial charge in [-0.25, -0.2) is 0 Å². The van der Waals surface area contributed by atoms with E-state index in [0.29, 0.717) is 11.0 Å². The number of rotatable bonds is 0. The molecule has 2 heterocycles. The molecule has 0 saturated heterocycles. The van der Waals surface area contributed by atoms with Crippen LogP contribution in [0.25, 0.3) is 21.8 Å². The number of fused-ring (bicyclic) bond motifs is 2. The summed E-state index contributed by atoms with van der Waals surface area (Å²) in [5, 5.41) is 20.5. The van der Waals surface area contributed by atoms with Crippen LogP contribution >= 0.6 is 0 Å². The maximum Gasteiger partial charge on any atom is 2.00 e. The fourth-order valence-corrected chi connectivity index (χ4v) is 2.18. The van der Waals surface area contributed by atoms with Crippen molar-refractivity contribution in [2.24, 2.45) is 0 Å². The third kappa shape index (κ3) is 4.25. The fraction of sp³-hybridized carbons (Fsp3) is 0. The van der Waals surface area contributed by atoms with Crippen molar-refractivity contribution < 1.29 is 35.2 Å². The van der Waals surface area contributed by atoms with Gasteiger partial charge >= 0.3 is 19.5 Å². The molecular weight excluding hydrogens is 358 g/mol. The summed E-state index contributed by atoms with van der Waals surface area (Å²) in [7, 11) is 0. The summed E-state index contributed by atoms with van der Waals surface area (Å²) in [4.78, 5) is 8.06. The van der Waals surface area contributed by atoms with Gasteiger partial charge in [0.25, 0.3) is 0 Å². The number of hydrogen-bond donors (Lipinski definition) is 2. The molecule has 0 aliphatic rings. The third-order valence-electron chi connectivity index (χ3n) is 3.22. The minimum Gasteiger partial charge on any atom is -0.506 e. The second kappa shape index (κ2) is 8.91. The zero-order valence-electron chi connectivity index (χ0n) is 12.9. The average molecular weight is 374 g/mol. The van der Waals surface area contributed by atoms with Crippen LogP contribution in [0, 0.1) is 0 Å². The molecule has 5 nitrogen and oxygen atoms in total. The summed E-state index contributed by atoms with van der Waals surface area (Å²) in [5.74, 6) is 0.478. The van der Waals surface area contributed by atoms with E-state index in [1.165, 1.54) is 0 Å². The zero-order valence-corrected chi connectivity index (χ0v) is 15.9. The standard InChI is InChI=1S/2C9H7NO.H2O.Zn/c2*11-8-5-1-3-7-4-2-6-10-9(7)8;;/h2*1-6,11H;1H2;/q;;;+2. The first kappa shape index (κ1) is 19.5. The van der Waals surface area contributed by atoms with Crippen LogP contribution in [0.2, 0.25) is 0 Å². The van der Waals surface area contributed by atoms with Crippen molar-refractivity contribution in [1.82, 2.24) is 9.97 Å². The van der Waals surface area contributed by atoms with Gasteiger partial charge in [0.05, 0.1) is 0 Å². The Morgan fingerprint density at radius 3 is 1.33 bits per heavy atom. The number of pyridine rings is 2. The predicted molar refractivity (Wildman–Crippen MR) is 90.4 cm³/mol. The summed E-state index contributed by atoms with van der Waals surface area (Å²) < 4.78 is 0. The van der Waals surface area contributed by atoms with Crippen LogP contribution in [0.1, 0.15) is 0 Å². The molecule has 4 N–H and O–H groups in total. The largest absolute Gasteiger partial charge is 2.00 e. The van der Waals surface area contributed by atoms with Gasteiger partial charge in [0.1, 0.15) is 22.5 Å². The number of benzene rings is 2. The second-order valence-electron chi connectivity index (χ2n) is 4.70. The van der Waals surface area contributed by atoms with Crippen LogP contribution in [-0.2, 0) is 19.5 Å². The smallest absolute Gasteiger partial charge is 0.506 e. The molecule has 2 aromatic heterocycles. The molecular formula is C18H16N2O3Zn+2. The Morgan fingerprint density at radius 1 is 0.583 bits per heavy atom. The molecule has 0 amide bonds. The maximum atomic E-state index is 9.31. The molecule has 4 aromatic rings. The van der Waals surface area contributed by atoms with E-state index >= 15 is 0 Å². The number of phenols is 2. The molecule has 0 bridgehead atoms. The number of nitrogens with zero attached hydrogens (tertiary/aromatic N) is 2. The Morgan fingerprint density at radius 2 is 0.958 bits per heavy atom. The van der Waals surface area contributed by atoms with E-state index in [2.05, 4.69) is 9.97 Å². The molecule has 4 rings (SSSR count). The summed E-state index contributed by atoms with van der Waals surface area (Å²) >= 11 is 0. The van der Waals surface area contributed by atoms with Gasteiger partial charge in [-0.05, 0) is 24.3 Å². The predicted octanol–water partition coefficient (Wildman–Crippen LogP) is 3.05. The van der Waals surface area contributed by atoms with E-state index in [1.807, 2.05) is 36.4 Å². The molecule has 2 aromatic carbocycles. The summed E-state index contributed by atoms with van der Waals surface area (Å²) in [6, 6.07) is 18.3. The molecule has 0 saturated carbocycles. The van der Waals surface area contributed by atoms with E-state index < -0.39 is 0 Å². The first-order valence-corrected chi connectivity index (χ1v) is 6.81. The molecule has 116 valence electrons. The Balaban J connectivity index is 0.000000222. The van der Waals surface area contributed by atoms with E-state index in [-0.39, 0.29) is 36.5 Å². The SMILES string of the molecule is O.Oc1cccc2cccnc12.Oc1cccc2cccnc12.[Zn+2]. The summed E-state index contributed by atoms with van der Waals surface area (Å²) in [5.41, 5.74) is 1.32. The van der Waals surface area contributed by atoms with Crippen molar-refractivity contribution in [3.05, 3.63) is 73.1 Å². The first-order valence-electron chi connectivity index (χ1n) is 6.81. The maximum absolute atomic E-state index is 9.31. The number of aromatic hydroxyl groups is 2. The van der Waals surface area contributed by atoms with Gasteiger partial charge in [0, 0.05) is 23.2 Å². The Hall–Kier alpha value is -2.56. The fourth-order valence-electron chi connectivity index (χ4n) is 2.18. The van der Waals surface area contributed by atoms with Gasteiger partial charge < -0.3 is 15.7 Å². The molecule has 0 aliphatic heterocycles. The first-order chi connectivity index (χ1) is 10.8. The van der Waals surface area contributed by atoms with E-state index in [4.69, 9.17) is 0 Å². The van der Waals surface area contributed by atoms with Crippen LogP contribution in [0.3, 0.4) is 0 Å². The number of aromatic nitrogens is 2. The van der Waals surface area contributed by atoms with Gasteiger partial charge in [-0.3, -0.25) is 9.97 Å². The van der Waals surface area contributed by atoms with Gasteiger partial charge in [-0.15, -0.1) is 0 Å². The van der Waals surface area contributed by atoms with Crippen molar-refractivity contribution in [3.63, 3.8) is 0 Å². The average Bonchev–Trinajstić information content (AvgIpc) is 2.57. The topological polar surface area (TPSA) is 97.7 Å². The van der Waals surface area contributed by atoms with E-state index in [1.54, 1.807) is 36.7 Å².